The molecule has 2 amide bonds. The summed E-state index contributed by atoms with van der Waals surface area (Å²) in [4.78, 5) is 35.7. The molecule has 5 atom stereocenters. The molecule has 9 heteroatoms. The molecule has 0 fully saturated rings. The fourth-order valence-corrected chi connectivity index (χ4v) is 2.18. The topological polar surface area (TPSA) is 168 Å². The van der Waals surface area contributed by atoms with Crippen molar-refractivity contribution in [3.05, 3.63) is 0 Å². The Morgan fingerprint density at radius 3 is 2.12 bits per heavy atom. The molecule has 9 nitrogen and oxygen atoms in total. The van der Waals surface area contributed by atoms with Gasteiger partial charge in [0.1, 0.15) is 6.04 Å². The molecule has 146 valence electrons. The van der Waals surface area contributed by atoms with E-state index in [0.717, 1.165) is 0 Å². The number of nitrogens with two attached hydrogens (primary N) is 2. The molecule has 0 aliphatic rings. The summed E-state index contributed by atoms with van der Waals surface area (Å²) in [6.07, 6.45) is 0.982. The molecule has 0 saturated heterocycles. The highest BCUT2D eigenvalue weighted by Gasteiger charge is 2.30. The highest BCUT2D eigenvalue weighted by Crippen LogP contribution is 2.08. The van der Waals surface area contributed by atoms with E-state index in [-0.39, 0.29) is 5.92 Å². The molecule has 0 rings (SSSR count). The van der Waals surface area contributed by atoms with Gasteiger partial charge in [-0.2, -0.15) is 0 Å². The largest absolute Gasteiger partial charge is 0.480 e. The third-order valence-corrected chi connectivity index (χ3v) is 4.19. The average molecular weight is 360 g/mol. The Hall–Kier alpha value is -1.71. The fraction of sp³-hybridized carbons (Fsp3) is 0.812. The van der Waals surface area contributed by atoms with Crippen LogP contribution in [0.25, 0.3) is 0 Å². The van der Waals surface area contributed by atoms with Crippen LogP contribution in [-0.2, 0) is 14.4 Å². The van der Waals surface area contributed by atoms with Crippen LogP contribution in [-0.4, -0.2) is 58.8 Å². The maximum Gasteiger partial charge on any atom is 0.328 e. The fourth-order valence-electron chi connectivity index (χ4n) is 2.18. The number of unbranched alkanes of at least 4 members (excludes halogenated alkanes) is 1. The Kier molecular flexibility index (Phi) is 11.0. The van der Waals surface area contributed by atoms with Crippen LogP contribution in [0.15, 0.2) is 0 Å². The molecular formula is C16H32N4O5. The molecular weight excluding hydrogens is 328 g/mol. The van der Waals surface area contributed by atoms with Gasteiger partial charge in [-0.25, -0.2) is 4.79 Å². The van der Waals surface area contributed by atoms with Crippen LogP contribution in [0.4, 0.5) is 0 Å². The second kappa shape index (κ2) is 11.8. The third kappa shape index (κ3) is 8.28. The molecule has 0 aromatic rings. The monoisotopic (exact) mass is 360 g/mol. The van der Waals surface area contributed by atoms with Crippen molar-refractivity contribution in [3.63, 3.8) is 0 Å². The van der Waals surface area contributed by atoms with Crippen molar-refractivity contribution in [1.29, 1.82) is 0 Å². The van der Waals surface area contributed by atoms with Gasteiger partial charge in [-0.3, -0.25) is 9.59 Å². The molecule has 8 N–H and O–H groups in total. The summed E-state index contributed by atoms with van der Waals surface area (Å²) < 4.78 is 0. The zero-order chi connectivity index (χ0) is 19.6. The van der Waals surface area contributed by atoms with Crippen molar-refractivity contribution in [3.8, 4) is 0 Å². The van der Waals surface area contributed by atoms with E-state index < -0.39 is 42.0 Å². The number of hydrogen-bond acceptors (Lipinski definition) is 6. The van der Waals surface area contributed by atoms with E-state index in [9.17, 15) is 19.5 Å². The zero-order valence-electron chi connectivity index (χ0n) is 15.2. The number of aliphatic carboxylic acids is 1. The first-order valence-electron chi connectivity index (χ1n) is 8.62. The maximum atomic E-state index is 12.4. The smallest absolute Gasteiger partial charge is 0.328 e. The van der Waals surface area contributed by atoms with Crippen LogP contribution in [0.2, 0.25) is 0 Å². The molecule has 0 saturated carbocycles. The highest BCUT2D eigenvalue weighted by atomic mass is 16.4. The lowest BCUT2D eigenvalue weighted by molar-refractivity contribution is -0.145. The molecule has 0 aromatic carbocycles. The van der Waals surface area contributed by atoms with Crippen LogP contribution in [0.1, 0.15) is 46.5 Å². The maximum absolute atomic E-state index is 12.4. The number of carbonyl (C=O) groups is 3. The van der Waals surface area contributed by atoms with Crippen LogP contribution < -0.4 is 22.1 Å². The summed E-state index contributed by atoms with van der Waals surface area (Å²) in [5.41, 5.74) is 11.3. The number of aliphatic hydroxyl groups excluding tert-OH is 1. The van der Waals surface area contributed by atoms with E-state index in [1.54, 1.807) is 0 Å². The lowest BCUT2D eigenvalue weighted by Crippen LogP contribution is -2.57. The molecule has 0 heterocycles. The number of aliphatic hydroxyl groups is 1. The van der Waals surface area contributed by atoms with E-state index in [1.807, 2.05) is 13.8 Å². The van der Waals surface area contributed by atoms with Crippen molar-refractivity contribution < 1.29 is 24.6 Å². The Bertz CT molecular complexity index is 444. The minimum atomic E-state index is -1.45. The molecule has 0 aliphatic carbocycles. The first-order valence-corrected chi connectivity index (χ1v) is 8.62. The van der Waals surface area contributed by atoms with Crippen molar-refractivity contribution in [2.75, 3.05) is 6.54 Å². The van der Waals surface area contributed by atoms with E-state index in [4.69, 9.17) is 16.6 Å². The van der Waals surface area contributed by atoms with E-state index in [1.165, 1.54) is 6.92 Å². The van der Waals surface area contributed by atoms with E-state index in [0.29, 0.717) is 32.2 Å². The van der Waals surface area contributed by atoms with Gasteiger partial charge in [0, 0.05) is 0 Å². The molecule has 0 bridgehead atoms. The highest BCUT2D eigenvalue weighted by molar-refractivity contribution is 5.91. The van der Waals surface area contributed by atoms with Crippen molar-refractivity contribution in [1.82, 2.24) is 10.6 Å². The van der Waals surface area contributed by atoms with Crippen LogP contribution >= 0.6 is 0 Å². The van der Waals surface area contributed by atoms with E-state index >= 15 is 0 Å². The average Bonchev–Trinajstić information content (AvgIpc) is 2.56. The Morgan fingerprint density at radius 1 is 1.08 bits per heavy atom. The van der Waals surface area contributed by atoms with Crippen molar-refractivity contribution in [2.45, 2.75) is 70.7 Å². The molecule has 0 spiro atoms. The number of carbonyl (C=O) groups excluding carboxylic acids is 2. The van der Waals surface area contributed by atoms with Gasteiger partial charge in [-0.05, 0) is 38.6 Å². The third-order valence-electron chi connectivity index (χ3n) is 4.19. The summed E-state index contributed by atoms with van der Waals surface area (Å²) in [6, 6.07) is -3.15. The van der Waals surface area contributed by atoms with Gasteiger partial charge in [-0.1, -0.05) is 20.3 Å². The van der Waals surface area contributed by atoms with Gasteiger partial charge in [0.05, 0.1) is 12.1 Å². The minimum absolute atomic E-state index is 0.0583. The summed E-state index contributed by atoms with van der Waals surface area (Å²) in [5.74, 6) is -2.55. The quantitative estimate of drug-likeness (QED) is 0.241. The SMILES string of the molecule is CC[C@H](C)[C@H](N)C(=O)N[C@@H](CCCCN)C(=O)N[C@H](C(=O)O)[C@@H](C)O. The second-order valence-corrected chi connectivity index (χ2v) is 6.32. The second-order valence-electron chi connectivity index (χ2n) is 6.32. The molecule has 0 aliphatic heterocycles. The summed E-state index contributed by atoms with van der Waals surface area (Å²) in [6.45, 7) is 5.45. The van der Waals surface area contributed by atoms with Crippen LogP contribution in [0.5, 0.6) is 0 Å². The number of amides is 2. The lowest BCUT2D eigenvalue weighted by atomic mass is 9.98. The number of carboxylic acid groups (broad SMARTS) is 1. The van der Waals surface area contributed by atoms with Gasteiger partial charge in [0.25, 0.3) is 0 Å². The Labute approximate surface area is 148 Å². The first kappa shape index (κ1) is 23.3. The normalized spacial score (nSPS) is 17.0. The van der Waals surface area contributed by atoms with Gasteiger partial charge < -0.3 is 32.3 Å². The number of rotatable bonds is 12. The molecule has 0 unspecified atom stereocenters. The van der Waals surface area contributed by atoms with Crippen LogP contribution in [0, 0.1) is 5.92 Å². The number of carboxylic acids is 1. The van der Waals surface area contributed by atoms with Gasteiger partial charge in [0.2, 0.25) is 11.8 Å². The van der Waals surface area contributed by atoms with Crippen LogP contribution in [0.3, 0.4) is 0 Å². The Morgan fingerprint density at radius 2 is 1.68 bits per heavy atom. The summed E-state index contributed by atoms with van der Waals surface area (Å²) in [5, 5.41) is 23.4. The molecule has 0 radical (unpaired) electrons. The predicted octanol–water partition coefficient (Wildman–Crippen LogP) is -1.08. The lowest BCUT2D eigenvalue weighted by Gasteiger charge is -2.25. The first-order chi connectivity index (χ1) is 11.6. The molecule has 0 aromatic heterocycles. The summed E-state index contributed by atoms with van der Waals surface area (Å²) >= 11 is 0. The van der Waals surface area contributed by atoms with Gasteiger partial charge in [0.15, 0.2) is 6.04 Å². The minimum Gasteiger partial charge on any atom is -0.480 e. The Balaban J connectivity index is 5.04. The number of nitrogens with one attached hydrogen (secondary N) is 2. The van der Waals surface area contributed by atoms with E-state index in [2.05, 4.69) is 10.6 Å². The summed E-state index contributed by atoms with van der Waals surface area (Å²) in [7, 11) is 0. The predicted molar refractivity (Wildman–Crippen MR) is 93.5 cm³/mol. The van der Waals surface area contributed by atoms with Crippen molar-refractivity contribution in [2.24, 2.45) is 17.4 Å². The molecule has 25 heavy (non-hydrogen) atoms. The standard InChI is InChI=1S/C16H32N4O5/c1-4-9(2)12(18)15(23)19-11(7-5-6-8-17)14(22)20-13(10(3)21)16(24)25/h9-13,21H,4-8,17-18H2,1-3H3,(H,19,23)(H,20,22)(H,24,25)/t9-,10+,11-,12-,13-/m0/s1. The van der Waals surface area contributed by atoms with Gasteiger partial charge in [-0.15, -0.1) is 0 Å². The zero-order valence-corrected chi connectivity index (χ0v) is 15.2. The van der Waals surface area contributed by atoms with Crippen molar-refractivity contribution >= 4 is 17.8 Å². The number of hydrogen-bond donors (Lipinski definition) is 6. The van der Waals surface area contributed by atoms with Gasteiger partial charge >= 0.3 is 5.97 Å².